The third kappa shape index (κ3) is 4.02. The molecule has 0 spiro atoms. The van der Waals surface area contributed by atoms with Crippen LogP contribution in [0, 0.1) is 0 Å². The van der Waals surface area contributed by atoms with Crippen LogP contribution in [0.1, 0.15) is 0 Å². The lowest BCUT2D eigenvalue weighted by molar-refractivity contribution is -0.133. The van der Waals surface area contributed by atoms with Gasteiger partial charge in [-0.25, -0.2) is 0 Å². The summed E-state index contributed by atoms with van der Waals surface area (Å²) in [6.45, 7) is 2.99. The molecule has 0 unspecified atom stereocenters. The van der Waals surface area contributed by atoms with E-state index in [0.717, 1.165) is 13.1 Å². The van der Waals surface area contributed by atoms with Crippen molar-refractivity contribution in [2.45, 2.75) is 0 Å². The van der Waals surface area contributed by atoms with Crippen LogP contribution in [-0.4, -0.2) is 57.8 Å². The zero-order valence-electron chi connectivity index (χ0n) is 15.2. The third-order valence-electron chi connectivity index (χ3n) is 4.47. The van der Waals surface area contributed by atoms with E-state index in [1.54, 1.807) is 32.4 Å². The lowest BCUT2D eigenvalue weighted by Gasteiger charge is -2.36. The molecule has 1 fully saturated rings. The second kappa shape index (κ2) is 8.47. The monoisotopic (exact) mass is 356 g/mol. The predicted molar refractivity (Wildman–Crippen MR) is 100 cm³/mol. The molecule has 1 heterocycles. The van der Waals surface area contributed by atoms with E-state index in [9.17, 15) is 4.79 Å². The van der Waals surface area contributed by atoms with E-state index in [-0.39, 0.29) is 12.5 Å². The summed E-state index contributed by atoms with van der Waals surface area (Å²) >= 11 is 0. The fraction of sp³-hybridized carbons (Fsp3) is 0.350. The average Bonchev–Trinajstić information content (AvgIpc) is 2.72. The second-order valence-electron chi connectivity index (χ2n) is 5.98. The molecule has 0 radical (unpaired) electrons. The van der Waals surface area contributed by atoms with E-state index in [4.69, 9.17) is 14.2 Å². The summed E-state index contributed by atoms with van der Waals surface area (Å²) in [4.78, 5) is 16.6. The highest BCUT2D eigenvalue weighted by Gasteiger charge is 2.22. The number of anilines is 1. The van der Waals surface area contributed by atoms with Crippen LogP contribution in [-0.2, 0) is 4.79 Å². The predicted octanol–water partition coefficient (Wildman–Crippen LogP) is 2.43. The molecule has 26 heavy (non-hydrogen) atoms. The molecular formula is C20H24N2O4. The van der Waals surface area contributed by atoms with Crippen molar-refractivity contribution in [3.63, 3.8) is 0 Å². The zero-order valence-corrected chi connectivity index (χ0v) is 15.2. The lowest BCUT2D eigenvalue weighted by Crippen LogP contribution is -2.50. The Morgan fingerprint density at radius 2 is 1.58 bits per heavy atom. The highest BCUT2D eigenvalue weighted by molar-refractivity contribution is 5.78. The maximum absolute atomic E-state index is 12.5. The Balaban J connectivity index is 1.54. The smallest absolute Gasteiger partial charge is 0.260 e. The SMILES string of the molecule is COc1cccc(OCC(=O)N2CCN(c3ccccc3)CC2)c1OC. The molecule has 1 saturated heterocycles. The minimum atomic E-state index is -0.0254. The standard InChI is InChI=1S/C20H24N2O4/c1-24-17-9-6-10-18(20(17)25-2)26-15-19(23)22-13-11-21(12-14-22)16-7-4-3-5-8-16/h3-10H,11-15H2,1-2H3. The van der Waals surface area contributed by atoms with Gasteiger partial charge in [-0.2, -0.15) is 0 Å². The van der Waals surface area contributed by atoms with Gasteiger partial charge in [0, 0.05) is 31.9 Å². The molecule has 1 aliphatic heterocycles. The topological polar surface area (TPSA) is 51.2 Å². The molecule has 6 nitrogen and oxygen atoms in total. The maximum atomic E-state index is 12.5. The van der Waals surface area contributed by atoms with Gasteiger partial charge >= 0.3 is 0 Å². The highest BCUT2D eigenvalue weighted by atomic mass is 16.5. The van der Waals surface area contributed by atoms with E-state index in [1.165, 1.54) is 5.69 Å². The maximum Gasteiger partial charge on any atom is 0.260 e. The summed E-state index contributed by atoms with van der Waals surface area (Å²) in [5, 5.41) is 0. The third-order valence-corrected chi connectivity index (χ3v) is 4.47. The second-order valence-corrected chi connectivity index (χ2v) is 5.98. The van der Waals surface area contributed by atoms with Crippen molar-refractivity contribution >= 4 is 11.6 Å². The Labute approximate surface area is 153 Å². The van der Waals surface area contributed by atoms with Gasteiger partial charge in [0.05, 0.1) is 14.2 Å². The normalized spacial score (nSPS) is 14.1. The number of benzene rings is 2. The number of para-hydroxylation sites is 2. The first-order valence-corrected chi connectivity index (χ1v) is 8.64. The minimum Gasteiger partial charge on any atom is -0.493 e. The van der Waals surface area contributed by atoms with Gasteiger partial charge in [0.2, 0.25) is 5.75 Å². The van der Waals surface area contributed by atoms with Gasteiger partial charge in [-0.1, -0.05) is 24.3 Å². The molecule has 0 aliphatic carbocycles. The van der Waals surface area contributed by atoms with Crippen LogP contribution in [0.3, 0.4) is 0 Å². The molecule has 6 heteroatoms. The van der Waals surface area contributed by atoms with E-state index < -0.39 is 0 Å². The Bertz CT molecular complexity index is 728. The van der Waals surface area contributed by atoms with Gasteiger partial charge in [-0.3, -0.25) is 4.79 Å². The quantitative estimate of drug-likeness (QED) is 0.796. The van der Waals surface area contributed by atoms with Crippen molar-refractivity contribution < 1.29 is 19.0 Å². The Morgan fingerprint density at radius 3 is 2.23 bits per heavy atom. The van der Waals surface area contributed by atoms with Gasteiger partial charge in [0.15, 0.2) is 18.1 Å². The number of amides is 1. The summed E-state index contributed by atoms with van der Waals surface area (Å²) in [7, 11) is 3.12. The van der Waals surface area contributed by atoms with Crippen LogP contribution >= 0.6 is 0 Å². The number of ether oxygens (including phenoxy) is 3. The fourth-order valence-corrected chi connectivity index (χ4v) is 3.05. The number of carbonyl (C=O) groups is 1. The molecule has 0 atom stereocenters. The van der Waals surface area contributed by atoms with Crippen LogP contribution in [0.4, 0.5) is 5.69 Å². The van der Waals surface area contributed by atoms with Crippen LogP contribution in [0.25, 0.3) is 0 Å². The lowest BCUT2D eigenvalue weighted by atomic mass is 10.2. The Morgan fingerprint density at radius 1 is 0.885 bits per heavy atom. The molecule has 3 rings (SSSR count). The average molecular weight is 356 g/mol. The molecule has 0 aromatic heterocycles. The molecule has 1 amide bonds. The number of methoxy groups -OCH3 is 2. The summed E-state index contributed by atoms with van der Waals surface area (Å²) in [6.07, 6.45) is 0. The molecular weight excluding hydrogens is 332 g/mol. The highest BCUT2D eigenvalue weighted by Crippen LogP contribution is 2.36. The first-order valence-electron chi connectivity index (χ1n) is 8.64. The van der Waals surface area contributed by atoms with Crippen LogP contribution in [0.5, 0.6) is 17.2 Å². The van der Waals surface area contributed by atoms with Crippen molar-refractivity contribution in [3.05, 3.63) is 48.5 Å². The van der Waals surface area contributed by atoms with Gasteiger partial charge < -0.3 is 24.0 Å². The molecule has 1 aliphatic rings. The van der Waals surface area contributed by atoms with Crippen molar-refractivity contribution in [3.8, 4) is 17.2 Å². The number of rotatable bonds is 6. The molecule has 0 saturated carbocycles. The van der Waals surface area contributed by atoms with Gasteiger partial charge in [-0.05, 0) is 24.3 Å². The van der Waals surface area contributed by atoms with E-state index >= 15 is 0 Å². The molecule has 0 N–H and O–H groups in total. The molecule has 2 aromatic rings. The van der Waals surface area contributed by atoms with Crippen molar-refractivity contribution in [1.82, 2.24) is 4.90 Å². The van der Waals surface area contributed by atoms with Gasteiger partial charge in [0.1, 0.15) is 0 Å². The summed E-state index contributed by atoms with van der Waals surface area (Å²) in [6, 6.07) is 15.6. The number of piperazine rings is 1. The van der Waals surface area contributed by atoms with Crippen LogP contribution in [0.2, 0.25) is 0 Å². The van der Waals surface area contributed by atoms with Crippen molar-refractivity contribution in [2.24, 2.45) is 0 Å². The van der Waals surface area contributed by atoms with Crippen molar-refractivity contribution in [2.75, 3.05) is 51.9 Å². The molecule has 0 bridgehead atoms. The van der Waals surface area contributed by atoms with E-state index in [1.807, 2.05) is 23.1 Å². The summed E-state index contributed by atoms with van der Waals surface area (Å²) in [5.74, 6) is 1.55. The van der Waals surface area contributed by atoms with Gasteiger partial charge in [-0.15, -0.1) is 0 Å². The molecule has 138 valence electrons. The first kappa shape index (κ1) is 17.9. The minimum absolute atomic E-state index is 0.0190. The number of hydrogen-bond donors (Lipinski definition) is 0. The molecule has 2 aromatic carbocycles. The van der Waals surface area contributed by atoms with E-state index in [2.05, 4.69) is 17.0 Å². The number of hydrogen-bond acceptors (Lipinski definition) is 5. The largest absolute Gasteiger partial charge is 0.493 e. The Kier molecular flexibility index (Phi) is 5.84. The van der Waals surface area contributed by atoms with Crippen LogP contribution < -0.4 is 19.1 Å². The zero-order chi connectivity index (χ0) is 18.4. The van der Waals surface area contributed by atoms with Crippen molar-refractivity contribution in [1.29, 1.82) is 0 Å². The number of carbonyl (C=O) groups excluding carboxylic acids is 1. The fourth-order valence-electron chi connectivity index (χ4n) is 3.05. The first-order chi connectivity index (χ1) is 12.7. The van der Waals surface area contributed by atoms with Gasteiger partial charge in [0.25, 0.3) is 5.91 Å². The Hall–Kier alpha value is -2.89. The van der Waals surface area contributed by atoms with E-state index in [0.29, 0.717) is 30.3 Å². The summed E-state index contributed by atoms with van der Waals surface area (Å²) < 4.78 is 16.3. The van der Waals surface area contributed by atoms with Crippen LogP contribution in [0.15, 0.2) is 48.5 Å². The number of nitrogens with zero attached hydrogens (tertiary/aromatic N) is 2. The summed E-state index contributed by atoms with van der Waals surface area (Å²) in [5.41, 5.74) is 1.19.